The molecule has 2 rings (SSSR count). The van der Waals surface area contributed by atoms with Crippen LogP contribution in [0.3, 0.4) is 0 Å². The Morgan fingerprint density at radius 1 is 1.42 bits per heavy atom. The highest BCUT2D eigenvalue weighted by atomic mass is 19.1. The lowest BCUT2D eigenvalue weighted by Crippen LogP contribution is -2.50. The van der Waals surface area contributed by atoms with Gasteiger partial charge in [-0.3, -0.25) is 4.79 Å². The van der Waals surface area contributed by atoms with Crippen molar-refractivity contribution in [2.75, 3.05) is 13.6 Å². The number of rotatable bonds is 4. The van der Waals surface area contributed by atoms with E-state index >= 15 is 0 Å². The molecular weight excluding hydrogens is 250 g/mol. The highest BCUT2D eigenvalue weighted by molar-refractivity contribution is 5.83. The third-order valence-corrected chi connectivity index (χ3v) is 3.92. The van der Waals surface area contributed by atoms with Crippen molar-refractivity contribution in [3.63, 3.8) is 0 Å². The molecule has 5 heteroatoms. The van der Waals surface area contributed by atoms with Gasteiger partial charge in [-0.2, -0.15) is 0 Å². The van der Waals surface area contributed by atoms with Gasteiger partial charge in [0.1, 0.15) is 11.6 Å². The Balaban J connectivity index is 2.08. The van der Waals surface area contributed by atoms with Gasteiger partial charge in [0.15, 0.2) is 0 Å². The molecule has 3 nitrogen and oxygen atoms in total. The second kappa shape index (κ2) is 5.25. The number of nitrogens with zero attached hydrogens (tertiary/aromatic N) is 1. The summed E-state index contributed by atoms with van der Waals surface area (Å²) >= 11 is 0. The van der Waals surface area contributed by atoms with Crippen molar-refractivity contribution < 1.29 is 13.6 Å². The smallest absolute Gasteiger partial charge is 0.230 e. The molecule has 0 aromatic heterocycles. The van der Waals surface area contributed by atoms with Crippen LogP contribution in [-0.4, -0.2) is 24.4 Å². The van der Waals surface area contributed by atoms with Gasteiger partial charge in [-0.1, -0.05) is 12.5 Å². The minimum Gasteiger partial charge on any atom is -0.341 e. The summed E-state index contributed by atoms with van der Waals surface area (Å²) in [6, 6.07) is 3.39. The summed E-state index contributed by atoms with van der Waals surface area (Å²) in [4.78, 5) is 13.8. The Bertz CT molecular complexity index is 481. The quantitative estimate of drug-likeness (QED) is 0.908. The number of halogens is 2. The third kappa shape index (κ3) is 2.61. The first-order valence-corrected chi connectivity index (χ1v) is 6.38. The van der Waals surface area contributed by atoms with Crippen molar-refractivity contribution in [2.24, 2.45) is 11.1 Å². The van der Waals surface area contributed by atoms with Gasteiger partial charge in [0.05, 0.1) is 5.41 Å². The predicted molar refractivity (Wildman–Crippen MR) is 68.2 cm³/mol. The van der Waals surface area contributed by atoms with E-state index in [4.69, 9.17) is 5.73 Å². The van der Waals surface area contributed by atoms with Crippen molar-refractivity contribution in [2.45, 2.75) is 25.8 Å². The minimum absolute atomic E-state index is 0.0509. The fourth-order valence-corrected chi connectivity index (χ4v) is 2.49. The van der Waals surface area contributed by atoms with Crippen LogP contribution >= 0.6 is 0 Å². The van der Waals surface area contributed by atoms with Crippen LogP contribution in [-0.2, 0) is 11.3 Å². The van der Waals surface area contributed by atoms with Crippen LogP contribution in [0, 0.1) is 17.0 Å². The van der Waals surface area contributed by atoms with Gasteiger partial charge in [-0.25, -0.2) is 8.78 Å². The molecule has 0 radical (unpaired) electrons. The number of hydrogen-bond donors (Lipinski definition) is 1. The molecular formula is C14H18F2N2O. The normalized spacial score (nSPS) is 16.8. The molecule has 0 bridgehead atoms. The second-order valence-corrected chi connectivity index (χ2v) is 5.23. The van der Waals surface area contributed by atoms with Gasteiger partial charge >= 0.3 is 0 Å². The number of nitrogens with two attached hydrogens (primary N) is 1. The summed E-state index contributed by atoms with van der Waals surface area (Å²) in [5.41, 5.74) is 5.52. The maximum atomic E-state index is 13.5. The van der Waals surface area contributed by atoms with E-state index in [2.05, 4.69) is 0 Å². The van der Waals surface area contributed by atoms with Gasteiger partial charge in [0.2, 0.25) is 5.91 Å². The molecule has 0 spiro atoms. The lowest BCUT2D eigenvalue weighted by atomic mass is 9.68. The molecule has 1 fully saturated rings. The fraction of sp³-hybridized carbons (Fsp3) is 0.500. The standard InChI is InChI=1S/C14H18F2N2O/c1-18(13(19)14(9-17)5-2-6-14)8-10-3-4-11(15)7-12(10)16/h3-4,7H,2,5-6,8-9,17H2,1H3. The summed E-state index contributed by atoms with van der Waals surface area (Å²) < 4.78 is 26.4. The van der Waals surface area contributed by atoms with Crippen molar-refractivity contribution in [3.8, 4) is 0 Å². The predicted octanol–water partition coefficient (Wildman–Crippen LogP) is 2.05. The number of benzene rings is 1. The zero-order valence-corrected chi connectivity index (χ0v) is 11.0. The first kappa shape index (κ1) is 13.9. The zero-order chi connectivity index (χ0) is 14.0. The fourth-order valence-electron chi connectivity index (χ4n) is 2.49. The molecule has 1 aliphatic rings. The topological polar surface area (TPSA) is 46.3 Å². The van der Waals surface area contributed by atoms with E-state index in [0.717, 1.165) is 25.3 Å². The maximum absolute atomic E-state index is 13.5. The summed E-state index contributed by atoms with van der Waals surface area (Å²) in [5.74, 6) is -1.30. The van der Waals surface area contributed by atoms with E-state index in [1.54, 1.807) is 7.05 Å². The van der Waals surface area contributed by atoms with Gasteiger partial charge in [-0.05, 0) is 18.9 Å². The number of carbonyl (C=O) groups excluding carboxylic acids is 1. The molecule has 19 heavy (non-hydrogen) atoms. The number of hydrogen-bond acceptors (Lipinski definition) is 2. The molecule has 1 saturated carbocycles. The molecule has 1 aromatic rings. The van der Waals surface area contributed by atoms with Crippen LogP contribution in [0.15, 0.2) is 18.2 Å². The molecule has 0 saturated heterocycles. The molecule has 2 N–H and O–H groups in total. The van der Waals surface area contributed by atoms with Crippen LogP contribution in [0.4, 0.5) is 8.78 Å². The molecule has 1 aliphatic carbocycles. The SMILES string of the molecule is CN(Cc1ccc(F)cc1F)C(=O)C1(CN)CCC1. The van der Waals surface area contributed by atoms with Crippen LogP contribution in [0.5, 0.6) is 0 Å². The Kier molecular flexibility index (Phi) is 3.85. The maximum Gasteiger partial charge on any atom is 0.230 e. The van der Waals surface area contributed by atoms with Crippen LogP contribution in [0.25, 0.3) is 0 Å². The van der Waals surface area contributed by atoms with E-state index in [0.29, 0.717) is 12.1 Å². The van der Waals surface area contributed by atoms with Crippen molar-refractivity contribution in [1.29, 1.82) is 0 Å². The summed E-state index contributed by atoms with van der Waals surface area (Å²) in [6.07, 6.45) is 2.58. The van der Waals surface area contributed by atoms with Crippen molar-refractivity contribution in [3.05, 3.63) is 35.4 Å². The van der Waals surface area contributed by atoms with E-state index in [1.165, 1.54) is 17.0 Å². The number of amides is 1. The van der Waals surface area contributed by atoms with E-state index < -0.39 is 17.0 Å². The Labute approximate surface area is 111 Å². The Morgan fingerprint density at radius 2 is 2.11 bits per heavy atom. The molecule has 0 atom stereocenters. The van der Waals surface area contributed by atoms with Gasteiger partial charge in [0, 0.05) is 31.8 Å². The third-order valence-electron chi connectivity index (χ3n) is 3.92. The van der Waals surface area contributed by atoms with Crippen LogP contribution in [0.1, 0.15) is 24.8 Å². The summed E-state index contributed by atoms with van der Waals surface area (Å²) in [6.45, 7) is 0.453. The number of carbonyl (C=O) groups is 1. The zero-order valence-electron chi connectivity index (χ0n) is 11.0. The van der Waals surface area contributed by atoms with Gasteiger partial charge in [0.25, 0.3) is 0 Å². The Hall–Kier alpha value is -1.49. The minimum atomic E-state index is -0.630. The highest BCUT2D eigenvalue weighted by Crippen LogP contribution is 2.41. The molecule has 0 heterocycles. The highest BCUT2D eigenvalue weighted by Gasteiger charge is 2.44. The van der Waals surface area contributed by atoms with Gasteiger partial charge < -0.3 is 10.6 Å². The first-order chi connectivity index (χ1) is 8.98. The molecule has 104 valence electrons. The molecule has 0 unspecified atom stereocenters. The van der Waals surface area contributed by atoms with Crippen molar-refractivity contribution >= 4 is 5.91 Å². The largest absolute Gasteiger partial charge is 0.341 e. The first-order valence-electron chi connectivity index (χ1n) is 6.38. The van der Waals surface area contributed by atoms with Gasteiger partial charge in [-0.15, -0.1) is 0 Å². The average Bonchev–Trinajstić information content (AvgIpc) is 2.32. The summed E-state index contributed by atoms with van der Waals surface area (Å²) in [5, 5.41) is 0. The van der Waals surface area contributed by atoms with E-state index in [1.807, 2.05) is 0 Å². The van der Waals surface area contributed by atoms with Crippen LogP contribution < -0.4 is 5.73 Å². The average molecular weight is 268 g/mol. The molecule has 1 aromatic carbocycles. The monoisotopic (exact) mass is 268 g/mol. The van der Waals surface area contributed by atoms with Crippen LogP contribution in [0.2, 0.25) is 0 Å². The lowest BCUT2D eigenvalue weighted by Gasteiger charge is -2.41. The Morgan fingerprint density at radius 3 is 2.58 bits per heavy atom. The van der Waals surface area contributed by atoms with E-state index in [9.17, 15) is 13.6 Å². The second-order valence-electron chi connectivity index (χ2n) is 5.23. The van der Waals surface area contributed by atoms with Crippen molar-refractivity contribution in [1.82, 2.24) is 4.90 Å². The van der Waals surface area contributed by atoms with E-state index in [-0.39, 0.29) is 12.5 Å². The molecule has 0 aliphatic heterocycles. The lowest BCUT2D eigenvalue weighted by molar-refractivity contribution is -0.145. The summed E-state index contributed by atoms with van der Waals surface area (Å²) in [7, 11) is 1.63. The molecule has 1 amide bonds.